The molecular formula is C11H26O. The van der Waals surface area contributed by atoms with Gasteiger partial charge < -0.3 is 0 Å². The first-order valence-electron chi connectivity index (χ1n) is 3.40. The first kappa shape index (κ1) is 22.5. The molecule has 76 valence electrons. The molecule has 0 aromatic heterocycles. The first-order chi connectivity index (χ1) is 4.27. The van der Waals surface area contributed by atoms with E-state index in [1.807, 2.05) is 0 Å². The molecule has 0 bridgehead atoms. The molecule has 0 aliphatic carbocycles. The lowest BCUT2D eigenvalue weighted by atomic mass is 10.0. The second-order valence-corrected chi connectivity index (χ2v) is 3.81. The summed E-state index contributed by atoms with van der Waals surface area (Å²) in [6.45, 7) is 13.4. The van der Waals surface area contributed by atoms with E-state index in [-0.39, 0.29) is 20.6 Å². The summed E-state index contributed by atoms with van der Waals surface area (Å²) in [6, 6.07) is 0. The minimum absolute atomic E-state index is 0. The molecule has 0 N–H and O–H groups in total. The molecule has 0 aliphatic rings. The number of rotatable bonds is 1. The van der Waals surface area contributed by atoms with Gasteiger partial charge in [-0.05, 0) is 18.4 Å². The minimum Gasteiger partial charge on any atom is -0.295 e. The monoisotopic (exact) mass is 174 g/mol. The summed E-state index contributed by atoms with van der Waals surface area (Å²) in [5.74, 6) is 0.0185. The average molecular weight is 174 g/mol. The van der Waals surface area contributed by atoms with E-state index in [2.05, 4.69) is 34.3 Å². The van der Waals surface area contributed by atoms with Gasteiger partial charge in [-0.2, -0.15) is 0 Å². The van der Waals surface area contributed by atoms with Crippen LogP contribution in [0, 0.1) is 5.41 Å². The Balaban J connectivity index is -0.0000000457. The van der Waals surface area contributed by atoms with Crippen LogP contribution in [0.3, 0.4) is 0 Å². The Morgan fingerprint density at radius 3 is 1.25 bits per heavy atom. The molecular weight excluding hydrogens is 148 g/mol. The molecule has 0 amide bonds. The number of allylic oxidation sites excluding steroid dienone is 1. The maximum absolute atomic E-state index is 9.69. The summed E-state index contributed by atoms with van der Waals surface area (Å²) in [5.41, 5.74) is 0.500. The highest BCUT2D eigenvalue weighted by atomic mass is 16.1. The van der Waals surface area contributed by atoms with Crippen LogP contribution in [0.25, 0.3) is 0 Å². The summed E-state index contributed by atoms with van der Waals surface area (Å²) < 4.78 is 0. The molecule has 0 aromatic carbocycles. The number of hydrogen-bond donors (Lipinski definition) is 0. The predicted octanol–water partition coefficient (Wildman–Crippen LogP) is 4.09. The lowest BCUT2D eigenvalue weighted by Crippen LogP contribution is -1.93. The molecule has 0 unspecified atom stereocenters. The van der Waals surface area contributed by atoms with Crippen molar-refractivity contribution in [2.24, 2.45) is 5.41 Å². The Kier molecular flexibility index (Phi) is 19.5. The van der Waals surface area contributed by atoms with E-state index in [0.717, 1.165) is 0 Å². The van der Waals surface area contributed by atoms with Crippen molar-refractivity contribution in [1.82, 2.24) is 0 Å². The molecule has 0 radical (unpaired) electrons. The van der Waals surface area contributed by atoms with Gasteiger partial charge in [0.2, 0.25) is 0 Å². The third-order valence-corrected chi connectivity index (χ3v) is 0.287. The van der Waals surface area contributed by atoms with Gasteiger partial charge in [0.05, 0.1) is 0 Å². The maximum atomic E-state index is 9.69. The number of hydrogen-bond acceptors (Lipinski definition) is 1. The van der Waals surface area contributed by atoms with Gasteiger partial charge in [0.25, 0.3) is 0 Å². The highest BCUT2D eigenvalue weighted by molar-refractivity contribution is 5.86. The molecule has 0 saturated carbocycles. The van der Waals surface area contributed by atoms with Crippen LogP contribution in [0.2, 0.25) is 0 Å². The number of ketones is 1. The van der Waals surface area contributed by atoms with Crippen molar-refractivity contribution in [3.05, 3.63) is 12.7 Å². The first-order valence-corrected chi connectivity index (χ1v) is 3.40. The fourth-order valence-electron chi connectivity index (χ4n) is 0. The fraction of sp³-hybridized carbons (Fsp3) is 0.727. The Labute approximate surface area is 78.9 Å². The molecule has 0 rings (SSSR count). The standard InChI is InChI=1S/C5H12.C4H6O.2CH4/c1-5(2,3)4;1-3-4(2)5;;/h1-4H3;3H,1H2,2H3;2*1H4. The minimum atomic E-state index is 0. The smallest absolute Gasteiger partial charge is 0.152 e. The van der Waals surface area contributed by atoms with Crippen LogP contribution < -0.4 is 0 Å². The van der Waals surface area contributed by atoms with Gasteiger partial charge in [-0.25, -0.2) is 0 Å². The van der Waals surface area contributed by atoms with Crippen LogP contribution in [0.5, 0.6) is 0 Å². The maximum Gasteiger partial charge on any atom is 0.152 e. The molecule has 12 heavy (non-hydrogen) atoms. The fourth-order valence-corrected chi connectivity index (χ4v) is 0. The zero-order valence-corrected chi connectivity index (χ0v) is 7.69. The molecule has 0 atom stereocenters. The molecule has 1 heteroatoms. The number of carbonyl (C=O) groups is 1. The summed E-state index contributed by atoms with van der Waals surface area (Å²) in [6.07, 6.45) is 1.28. The second kappa shape index (κ2) is 10.4. The van der Waals surface area contributed by atoms with E-state index in [4.69, 9.17) is 0 Å². The van der Waals surface area contributed by atoms with Crippen molar-refractivity contribution in [1.29, 1.82) is 0 Å². The third-order valence-electron chi connectivity index (χ3n) is 0.287. The van der Waals surface area contributed by atoms with Crippen molar-refractivity contribution in [2.45, 2.75) is 49.5 Å². The topological polar surface area (TPSA) is 17.1 Å². The van der Waals surface area contributed by atoms with E-state index in [9.17, 15) is 4.79 Å². The molecule has 0 aliphatic heterocycles. The van der Waals surface area contributed by atoms with Crippen molar-refractivity contribution in [3.8, 4) is 0 Å². The van der Waals surface area contributed by atoms with Gasteiger partial charge >= 0.3 is 0 Å². The summed E-state index contributed by atoms with van der Waals surface area (Å²) >= 11 is 0. The van der Waals surface area contributed by atoms with Gasteiger partial charge in [-0.3, -0.25) is 4.79 Å². The van der Waals surface area contributed by atoms with Crippen molar-refractivity contribution < 1.29 is 4.79 Å². The molecule has 0 aromatic rings. The highest BCUT2D eigenvalue weighted by Gasteiger charge is 1.95. The predicted molar refractivity (Wildman–Crippen MR) is 59.5 cm³/mol. The van der Waals surface area contributed by atoms with Crippen LogP contribution in [-0.2, 0) is 4.79 Å². The van der Waals surface area contributed by atoms with E-state index < -0.39 is 0 Å². The Morgan fingerprint density at radius 1 is 1.17 bits per heavy atom. The van der Waals surface area contributed by atoms with E-state index in [0.29, 0.717) is 5.41 Å². The lowest BCUT2D eigenvalue weighted by Gasteiger charge is -2.05. The summed E-state index contributed by atoms with van der Waals surface area (Å²) in [7, 11) is 0. The van der Waals surface area contributed by atoms with Crippen molar-refractivity contribution in [2.75, 3.05) is 0 Å². The lowest BCUT2D eigenvalue weighted by molar-refractivity contribution is -0.112. The van der Waals surface area contributed by atoms with Crippen LogP contribution in [0.15, 0.2) is 12.7 Å². The normalized spacial score (nSPS) is 7.75. The van der Waals surface area contributed by atoms with E-state index in [1.54, 1.807) is 0 Å². The molecule has 0 spiro atoms. The molecule has 0 fully saturated rings. The van der Waals surface area contributed by atoms with Gasteiger partial charge in [0.15, 0.2) is 5.78 Å². The van der Waals surface area contributed by atoms with Gasteiger partial charge in [-0.1, -0.05) is 49.1 Å². The van der Waals surface area contributed by atoms with E-state index in [1.165, 1.54) is 13.0 Å². The molecule has 0 heterocycles. The second-order valence-electron chi connectivity index (χ2n) is 3.81. The van der Waals surface area contributed by atoms with Crippen LogP contribution in [-0.4, -0.2) is 5.78 Å². The Morgan fingerprint density at radius 2 is 1.25 bits per heavy atom. The van der Waals surface area contributed by atoms with Gasteiger partial charge in [0, 0.05) is 0 Å². The zero-order valence-electron chi connectivity index (χ0n) is 7.69. The number of carbonyl (C=O) groups excluding carboxylic acids is 1. The van der Waals surface area contributed by atoms with E-state index >= 15 is 0 Å². The SMILES string of the molecule is C.C.C=CC(C)=O.CC(C)(C)C. The Hall–Kier alpha value is -0.590. The molecule has 0 saturated heterocycles. The van der Waals surface area contributed by atoms with Crippen LogP contribution in [0.1, 0.15) is 49.5 Å². The quantitative estimate of drug-likeness (QED) is 0.547. The largest absolute Gasteiger partial charge is 0.295 e. The average Bonchev–Trinajstić information content (AvgIpc) is 1.61. The zero-order chi connectivity index (χ0) is 8.78. The summed E-state index contributed by atoms with van der Waals surface area (Å²) in [5, 5.41) is 0. The van der Waals surface area contributed by atoms with Gasteiger partial charge in [-0.15, -0.1) is 0 Å². The van der Waals surface area contributed by atoms with Crippen molar-refractivity contribution in [3.63, 3.8) is 0 Å². The Bertz CT molecular complexity index is 101. The van der Waals surface area contributed by atoms with Gasteiger partial charge in [0.1, 0.15) is 0 Å². The highest BCUT2D eigenvalue weighted by Crippen LogP contribution is 2.07. The van der Waals surface area contributed by atoms with Crippen LogP contribution >= 0.6 is 0 Å². The molecule has 1 nitrogen and oxygen atoms in total. The van der Waals surface area contributed by atoms with Crippen LogP contribution in [0.4, 0.5) is 0 Å². The third kappa shape index (κ3) is 335. The van der Waals surface area contributed by atoms with Crippen molar-refractivity contribution >= 4 is 5.78 Å². The summed E-state index contributed by atoms with van der Waals surface area (Å²) in [4.78, 5) is 9.69.